The second-order valence-electron chi connectivity index (χ2n) is 8.02. The highest BCUT2D eigenvalue weighted by atomic mass is 19.5. The molecular formula is C25H26BF4N3O3. The third-order valence-electron chi connectivity index (χ3n) is 4.73. The van der Waals surface area contributed by atoms with Gasteiger partial charge >= 0.3 is 13.1 Å². The van der Waals surface area contributed by atoms with Crippen LogP contribution in [-0.4, -0.2) is 50.7 Å². The Bertz CT molecular complexity index is 1190. The predicted molar refractivity (Wildman–Crippen MR) is 136 cm³/mol. The first kappa shape index (κ1) is 28.1. The molecule has 6 nitrogen and oxygen atoms in total. The Hall–Kier alpha value is -4.15. The lowest BCUT2D eigenvalue weighted by molar-refractivity contribution is -0.462. The van der Waals surface area contributed by atoms with Gasteiger partial charge in [-0.2, -0.15) is 0 Å². The molecule has 0 saturated carbocycles. The molecule has 1 aromatic carbocycles. The summed E-state index contributed by atoms with van der Waals surface area (Å²) >= 11 is 0. The Labute approximate surface area is 207 Å². The van der Waals surface area contributed by atoms with Crippen LogP contribution in [0.15, 0.2) is 102 Å². The molecule has 1 aliphatic heterocycles. The average molecular weight is 503 g/mol. The number of benzene rings is 1. The average Bonchev–Trinajstić information content (AvgIpc) is 2.80. The van der Waals surface area contributed by atoms with Crippen molar-refractivity contribution in [2.75, 3.05) is 33.1 Å². The van der Waals surface area contributed by atoms with Crippen LogP contribution in [0.1, 0.15) is 5.56 Å². The third-order valence-corrected chi connectivity index (χ3v) is 4.73. The number of ether oxygens (including phenoxy) is 1. The van der Waals surface area contributed by atoms with E-state index in [0.717, 1.165) is 22.5 Å². The van der Waals surface area contributed by atoms with Gasteiger partial charge in [-0.1, -0.05) is 30.4 Å². The minimum absolute atomic E-state index is 0.298. The topological polar surface area (TPSA) is 58.6 Å². The van der Waals surface area contributed by atoms with E-state index in [-0.39, 0.29) is 5.88 Å². The monoisotopic (exact) mass is 503 g/mol. The Morgan fingerprint density at radius 2 is 1.50 bits per heavy atom. The van der Waals surface area contributed by atoms with Crippen molar-refractivity contribution in [2.45, 2.75) is 0 Å². The van der Waals surface area contributed by atoms with E-state index in [9.17, 15) is 27.4 Å². The van der Waals surface area contributed by atoms with E-state index in [2.05, 4.69) is 0 Å². The lowest BCUT2D eigenvalue weighted by atomic mass is 10.1. The molecule has 0 N–H and O–H groups in total. The Balaban J connectivity index is 0.000000830. The van der Waals surface area contributed by atoms with Crippen molar-refractivity contribution < 1.29 is 31.5 Å². The number of allylic oxidation sites excluding steroid dienone is 11. The highest BCUT2D eigenvalue weighted by Gasteiger charge is 2.21. The second-order valence-corrected chi connectivity index (χ2v) is 8.02. The molecule has 11 heteroatoms. The molecule has 0 bridgehead atoms. The number of anilines is 1. The zero-order chi connectivity index (χ0) is 26.9. The Morgan fingerprint density at radius 1 is 0.917 bits per heavy atom. The number of nitro groups is 1. The third kappa shape index (κ3) is 10.0. The van der Waals surface area contributed by atoms with Crippen molar-refractivity contribution in [1.29, 1.82) is 0 Å². The van der Waals surface area contributed by atoms with Crippen LogP contribution in [-0.2, 0) is 4.74 Å². The summed E-state index contributed by atoms with van der Waals surface area (Å²) in [5.41, 5.74) is 4.88. The summed E-state index contributed by atoms with van der Waals surface area (Å²) in [7, 11) is 1.95. The van der Waals surface area contributed by atoms with Crippen molar-refractivity contribution in [1.82, 2.24) is 0 Å². The molecule has 0 fully saturated rings. The smallest absolute Gasteiger partial charge is 0.418 e. The van der Waals surface area contributed by atoms with Gasteiger partial charge in [0.05, 0.1) is 6.08 Å². The summed E-state index contributed by atoms with van der Waals surface area (Å²) in [6.45, 7) is 0. The summed E-state index contributed by atoms with van der Waals surface area (Å²) in [4.78, 5) is 12.8. The highest BCUT2D eigenvalue weighted by molar-refractivity contribution is 6.50. The van der Waals surface area contributed by atoms with E-state index in [1.165, 1.54) is 6.08 Å². The highest BCUT2D eigenvalue weighted by Crippen LogP contribution is 2.22. The summed E-state index contributed by atoms with van der Waals surface area (Å²) in [5, 5.41) is 11.3. The molecule has 190 valence electrons. The fourth-order valence-corrected chi connectivity index (χ4v) is 2.93. The van der Waals surface area contributed by atoms with Crippen LogP contribution in [0.2, 0.25) is 0 Å². The van der Waals surface area contributed by atoms with Gasteiger partial charge in [-0.15, -0.1) is 0 Å². The molecule has 0 aromatic heterocycles. The predicted octanol–water partition coefficient (Wildman–Crippen LogP) is 5.79. The van der Waals surface area contributed by atoms with Crippen molar-refractivity contribution in [3.63, 3.8) is 0 Å². The molecule has 0 atom stereocenters. The molecule has 2 aliphatic rings. The van der Waals surface area contributed by atoms with Crippen LogP contribution < -0.4 is 4.90 Å². The van der Waals surface area contributed by atoms with Crippen LogP contribution in [0.3, 0.4) is 0 Å². The van der Waals surface area contributed by atoms with E-state index in [1.54, 1.807) is 12.2 Å². The fourth-order valence-electron chi connectivity index (χ4n) is 2.93. The maximum Gasteiger partial charge on any atom is 0.673 e. The van der Waals surface area contributed by atoms with Crippen LogP contribution in [0.4, 0.5) is 23.0 Å². The first-order chi connectivity index (χ1) is 16.8. The largest absolute Gasteiger partial charge is 0.673 e. The van der Waals surface area contributed by atoms with Crippen molar-refractivity contribution in [2.24, 2.45) is 0 Å². The molecule has 0 amide bonds. The Kier molecular flexibility index (Phi) is 9.78. The van der Waals surface area contributed by atoms with Gasteiger partial charge < -0.3 is 26.9 Å². The van der Waals surface area contributed by atoms with Crippen LogP contribution in [0, 0.1) is 10.1 Å². The quantitative estimate of drug-likeness (QED) is 0.168. The molecule has 1 heterocycles. The minimum atomic E-state index is -6.00. The van der Waals surface area contributed by atoms with Crippen LogP contribution in [0.5, 0.6) is 0 Å². The van der Waals surface area contributed by atoms with Crippen LogP contribution >= 0.6 is 0 Å². The molecule has 3 rings (SSSR count). The SMILES string of the molecule is CN(C)c1ccc(C=CC2=CC(=CC=C3C=CC(=[N+](C)C)C=C3)OC([N+](=O)[O-])=C2)cc1.F[B-](F)(F)F. The molecule has 0 saturated heterocycles. The number of nitrogens with zero attached hydrogens (tertiary/aromatic N) is 3. The van der Waals surface area contributed by atoms with Crippen molar-refractivity contribution in [3.8, 4) is 0 Å². The molecule has 0 spiro atoms. The molecule has 1 aromatic rings. The van der Waals surface area contributed by atoms with Crippen molar-refractivity contribution >= 4 is 24.7 Å². The fraction of sp³-hybridized carbons (Fsp3) is 0.160. The zero-order valence-electron chi connectivity index (χ0n) is 20.2. The molecule has 1 aliphatic carbocycles. The van der Waals surface area contributed by atoms with Gasteiger partial charge in [-0.25, -0.2) is 4.58 Å². The van der Waals surface area contributed by atoms with Gasteiger partial charge in [0.2, 0.25) is 0 Å². The van der Waals surface area contributed by atoms with Gasteiger partial charge in [-0.05, 0) is 53.1 Å². The van der Waals surface area contributed by atoms with Gasteiger partial charge in [-0.3, -0.25) is 10.1 Å². The zero-order valence-corrected chi connectivity index (χ0v) is 20.2. The van der Waals surface area contributed by atoms with E-state index >= 15 is 0 Å². The van der Waals surface area contributed by atoms with Gasteiger partial charge in [0.1, 0.15) is 24.8 Å². The molecule has 36 heavy (non-hydrogen) atoms. The van der Waals surface area contributed by atoms with Crippen molar-refractivity contribution in [3.05, 3.63) is 117 Å². The van der Waals surface area contributed by atoms with E-state index < -0.39 is 12.2 Å². The minimum Gasteiger partial charge on any atom is -0.418 e. The summed E-state index contributed by atoms with van der Waals surface area (Å²) in [6, 6.07) is 8.06. The molecule has 0 radical (unpaired) electrons. The van der Waals surface area contributed by atoms with Gasteiger partial charge in [0, 0.05) is 31.9 Å². The normalized spacial score (nSPS) is 16.2. The molecule has 0 unspecified atom stereocenters. The standard InChI is InChI=1S/C25H26N3O3.BF4/c1-26(2)22-12-7-19(8-13-22)5-6-21-17-24(31-25(18-21)28(29)30)16-11-20-9-14-23(15-10-20)27(3)4;2-1(3,4)5/h5-18H,1-4H3;/q+1;-1. The summed E-state index contributed by atoms with van der Waals surface area (Å²) in [6.07, 6.45) is 18.6. The lowest BCUT2D eigenvalue weighted by Gasteiger charge is -2.12. The van der Waals surface area contributed by atoms with E-state index in [4.69, 9.17) is 4.74 Å². The summed E-state index contributed by atoms with van der Waals surface area (Å²) < 4.78 is 46.4. The Morgan fingerprint density at radius 3 is 2.00 bits per heavy atom. The first-order valence-electron chi connectivity index (χ1n) is 10.7. The number of rotatable bonds is 5. The van der Waals surface area contributed by atoms with Crippen LogP contribution in [0.25, 0.3) is 6.08 Å². The van der Waals surface area contributed by atoms with Gasteiger partial charge in [0.15, 0.2) is 5.71 Å². The maximum atomic E-state index is 11.3. The lowest BCUT2D eigenvalue weighted by Crippen LogP contribution is -2.09. The number of hydrogen-bond acceptors (Lipinski definition) is 4. The maximum absolute atomic E-state index is 11.3. The number of hydrogen-bond donors (Lipinski definition) is 0. The number of halogens is 4. The van der Waals surface area contributed by atoms with Gasteiger partial charge in [0.25, 0.3) is 0 Å². The van der Waals surface area contributed by atoms with E-state index in [1.807, 2.05) is 104 Å². The first-order valence-corrected chi connectivity index (χ1v) is 10.7. The molecular weight excluding hydrogens is 477 g/mol. The van der Waals surface area contributed by atoms with E-state index in [0.29, 0.717) is 11.3 Å². The summed E-state index contributed by atoms with van der Waals surface area (Å²) in [5.74, 6) is 0.112. The second kappa shape index (κ2) is 12.5.